The molecule has 0 saturated heterocycles. The van der Waals surface area contributed by atoms with E-state index in [1.165, 1.54) is 10.6 Å². The fourth-order valence-corrected chi connectivity index (χ4v) is 2.63. The lowest BCUT2D eigenvalue weighted by molar-refractivity contribution is -0.539. The molecule has 0 aliphatic carbocycles. The van der Waals surface area contributed by atoms with Gasteiger partial charge in [0, 0.05) is 13.8 Å². The topological polar surface area (TPSA) is 179 Å². The van der Waals surface area contributed by atoms with E-state index < -0.39 is 61.5 Å². The van der Waals surface area contributed by atoms with Crippen LogP contribution in [0.3, 0.4) is 0 Å². The van der Waals surface area contributed by atoms with Gasteiger partial charge in [-0.15, -0.1) is 14.1 Å². The molecule has 0 heterocycles. The van der Waals surface area contributed by atoms with Gasteiger partial charge in [0.1, 0.15) is 25.4 Å². The number of quaternary nitrogens is 2. The average Bonchev–Trinajstić information content (AvgIpc) is 2.73. The molecule has 0 unspecified atom stereocenters. The fourth-order valence-electron chi connectivity index (χ4n) is 2.63. The van der Waals surface area contributed by atoms with Gasteiger partial charge < -0.3 is 39.8 Å². The van der Waals surface area contributed by atoms with Gasteiger partial charge in [-0.05, 0) is 38.8 Å². The van der Waals surface area contributed by atoms with Crippen molar-refractivity contribution in [3.63, 3.8) is 0 Å². The van der Waals surface area contributed by atoms with Gasteiger partial charge in [0.2, 0.25) is 0 Å². The number of nitrogens with two attached hydrogens (primary N) is 2. The Balaban J connectivity index is 5.93. The summed E-state index contributed by atoms with van der Waals surface area (Å²) >= 11 is 0. The first-order chi connectivity index (χ1) is 15.8. The van der Waals surface area contributed by atoms with Gasteiger partial charge >= 0.3 is 23.9 Å². The van der Waals surface area contributed by atoms with Crippen molar-refractivity contribution in [2.24, 2.45) is 0 Å². The van der Waals surface area contributed by atoms with Gasteiger partial charge in [-0.2, -0.15) is 0 Å². The van der Waals surface area contributed by atoms with E-state index in [4.69, 9.17) is 18.9 Å². The molecule has 0 radical (unpaired) electrons. The molecule has 0 bridgehead atoms. The Morgan fingerprint density at radius 1 is 0.676 bits per heavy atom. The van der Waals surface area contributed by atoms with E-state index in [9.17, 15) is 29.4 Å². The van der Waals surface area contributed by atoms with Crippen LogP contribution in [-0.2, 0) is 38.1 Å². The lowest BCUT2D eigenvalue weighted by Gasteiger charge is -2.30. The summed E-state index contributed by atoms with van der Waals surface area (Å²) in [7, 11) is 7.06. The summed E-state index contributed by atoms with van der Waals surface area (Å²) < 4.78 is 20.2. The molecule has 0 aromatic heterocycles. The van der Waals surface area contributed by atoms with Crippen molar-refractivity contribution >= 4 is 23.9 Å². The van der Waals surface area contributed by atoms with Crippen molar-refractivity contribution in [2.45, 2.75) is 66.0 Å². The Morgan fingerprint density at radius 2 is 0.971 bits per heavy atom. The molecule has 0 aliphatic heterocycles. The standard InChI is InChI=1S/C22H36N2O10/c1-11(2)17(23-7)21(29)33-15(9-31-13(5)25)19(27)20(28)16(10-32-14(6)26)34-22(30)18(24-8)12(3)4/h15-16,19-20,27-28H,7-10,23-24H2,1-6H3/t15-,16-,19-,20-/m1/s1. The smallest absolute Gasteiger partial charge is 0.390 e. The molecule has 12 heteroatoms. The lowest BCUT2D eigenvalue weighted by atomic mass is 10.0. The van der Waals surface area contributed by atoms with Crippen LogP contribution in [0, 0.1) is 14.1 Å². The molecule has 4 atom stereocenters. The highest BCUT2D eigenvalue weighted by Gasteiger charge is 2.39. The first-order valence-electron chi connectivity index (χ1n) is 10.4. The number of hydrogen-bond donors (Lipinski definition) is 4. The SMILES string of the molecule is [CH2-][NH2+]C(C(=O)O[C@H](COC(C)=O)[C@@H](O)[C@H](O)[C@@H](COC(C)=O)OC(=O)C([NH2+][CH2-])=C(C)C)=C(C)C. The first-order valence-corrected chi connectivity index (χ1v) is 10.4. The van der Waals surface area contributed by atoms with Crippen molar-refractivity contribution in [3.05, 3.63) is 36.6 Å². The Hall–Kier alpha value is -2.80. The Morgan fingerprint density at radius 3 is 1.18 bits per heavy atom. The number of esters is 4. The number of carbonyl (C=O) groups is 4. The Bertz CT molecular complexity index is 732. The average molecular weight is 489 g/mol. The largest absolute Gasteiger partial charge is 0.462 e. The first kappa shape index (κ1) is 31.2. The molecule has 34 heavy (non-hydrogen) atoms. The maximum absolute atomic E-state index is 12.5. The number of allylic oxidation sites excluding steroid dienone is 2. The van der Waals surface area contributed by atoms with E-state index in [-0.39, 0.29) is 11.4 Å². The molecule has 194 valence electrons. The highest BCUT2D eigenvalue weighted by molar-refractivity contribution is 5.86. The third kappa shape index (κ3) is 10.4. The van der Waals surface area contributed by atoms with Gasteiger partial charge in [0.05, 0.1) is 0 Å². The van der Waals surface area contributed by atoms with E-state index in [1.54, 1.807) is 27.7 Å². The van der Waals surface area contributed by atoms with Crippen molar-refractivity contribution in [1.29, 1.82) is 0 Å². The van der Waals surface area contributed by atoms with E-state index in [0.717, 1.165) is 13.8 Å². The molecular weight excluding hydrogens is 452 g/mol. The second-order valence-corrected chi connectivity index (χ2v) is 7.71. The highest BCUT2D eigenvalue weighted by atomic mass is 16.6. The molecule has 0 spiro atoms. The number of carbonyl (C=O) groups excluding carboxylic acids is 4. The summed E-state index contributed by atoms with van der Waals surface area (Å²) in [5.74, 6) is -3.22. The van der Waals surface area contributed by atoms with Crippen LogP contribution < -0.4 is 10.6 Å². The van der Waals surface area contributed by atoms with Crippen LogP contribution >= 0.6 is 0 Å². The van der Waals surface area contributed by atoms with Crippen LogP contribution in [0.5, 0.6) is 0 Å². The Labute approximate surface area is 199 Å². The van der Waals surface area contributed by atoms with Crippen LogP contribution in [-0.4, -0.2) is 71.7 Å². The maximum atomic E-state index is 12.5. The molecule has 0 fully saturated rings. The summed E-state index contributed by atoms with van der Waals surface area (Å²) in [6.07, 6.45) is -6.92. The summed E-state index contributed by atoms with van der Waals surface area (Å²) in [6, 6.07) is 0. The zero-order chi connectivity index (χ0) is 26.6. The number of ether oxygens (including phenoxy) is 4. The zero-order valence-corrected chi connectivity index (χ0v) is 20.5. The summed E-state index contributed by atoms with van der Waals surface area (Å²) in [5.41, 5.74) is 1.36. The van der Waals surface area contributed by atoms with Gasteiger partial charge in [0.15, 0.2) is 23.6 Å². The van der Waals surface area contributed by atoms with Crippen LogP contribution in [0.25, 0.3) is 0 Å². The third-order valence-electron chi connectivity index (χ3n) is 4.46. The van der Waals surface area contributed by atoms with Gasteiger partial charge in [-0.1, -0.05) is 0 Å². The molecular formula is C22H36N2O10. The monoisotopic (exact) mass is 488 g/mol. The fraction of sp³-hybridized carbons (Fsp3) is 0.545. The minimum absolute atomic E-state index is 0.108. The molecule has 0 aliphatic rings. The minimum Gasteiger partial charge on any atom is -0.462 e. The normalized spacial score (nSPS) is 14.1. The van der Waals surface area contributed by atoms with Gasteiger partial charge in [0.25, 0.3) is 0 Å². The zero-order valence-electron chi connectivity index (χ0n) is 20.5. The number of aliphatic hydroxyl groups is 2. The predicted molar refractivity (Wildman–Crippen MR) is 116 cm³/mol. The number of aliphatic hydroxyl groups excluding tert-OH is 2. The van der Waals surface area contributed by atoms with E-state index in [1.807, 2.05) is 0 Å². The van der Waals surface area contributed by atoms with Crippen molar-refractivity contribution < 1.29 is 59.0 Å². The van der Waals surface area contributed by atoms with Crippen molar-refractivity contribution in [1.82, 2.24) is 0 Å². The second-order valence-electron chi connectivity index (χ2n) is 7.71. The van der Waals surface area contributed by atoms with E-state index in [0.29, 0.717) is 11.1 Å². The molecule has 0 amide bonds. The molecule has 0 aromatic carbocycles. The molecule has 6 N–H and O–H groups in total. The lowest BCUT2D eigenvalue weighted by Crippen LogP contribution is -2.77. The molecule has 12 nitrogen and oxygen atoms in total. The highest BCUT2D eigenvalue weighted by Crippen LogP contribution is 2.15. The summed E-state index contributed by atoms with van der Waals surface area (Å²) in [5, 5.41) is 24.0. The second kappa shape index (κ2) is 15.2. The van der Waals surface area contributed by atoms with Crippen LogP contribution in [0.1, 0.15) is 41.5 Å². The third-order valence-corrected chi connectivity index (χ3v) is 4.46. The number of hydrogen-bond acceptors (Lipinski definition) is 10. The van der Waals surface area contributed by atoms with Crippen molar-refractivity contribution in [2.75, 3.05) is 13.2 Å². The van der Waals surface area contributed by atoms with Crippen LogP contribution in [0.4, 0.5) is 0 Å². The van der Waals surface area contributed by atoms with E-state index >= 15 is 0 Å². The van der Waals surface area contributed by atoms with Crippen LogP contribution in [0.2, 0.25) is 0 Å². The number of rotatable bonds is 13. The maximum Gasteiger partial charge on any atom is 0.390 e. The van der Waals surface area contributed by atoms with Crippen LogP contribution in [0.15, 0.2) is 22.5 Å². The minimum atomic E-state index is -1.90. The van der Waals surface area contributed by atoms with Crippen molar-refractivity contribution in [3.8, 4) is 0 Å². The van der Waals surface area contributed by atoms with Gasteiger partial charge in [-0.3, -0.25) is 9.59 Å². The summed E-state index contributed by atoms with van der Waals surface area (Å²) in [4.78, 5) is 47.6. The Kier molecular flexibility index (Phi) is 13.9. The molecule has 0 rings (SSSR count). The predicted octanol–water partition coefficient (Wildman–Crippen LogP) is -2.04. The van der Waals surface area contributed by atoms with Gasteiger partial charge in [-0.25, -0.2) is 9.59 Å². The van der Waals surface area contributed by atoms with E-state index in [2.05, 4.69) is 14.1 Å². The molecule has 0 saturated carbocycles. The summed E-state index contributed by atoms with van der Waals surface area (Å²) in [6.45, 7) is 7.56. The quantitative estimate of drug-likeness (QED) is 0.0976. The molecule has 0 aromatic rings.